The highest BCUT2D eigenvalue weighted by molar-refractivity contribution is 7.91. The third kappa shape index (κ3) is 3.32. The molecule has 1 saturated heterocycles. The van der Waals surface area contributed by atoms with Crippen LogP contribution in [-0.4, -0.2) is 36.7 Å². The molecule has 1 aromatic heterocycles. The van der Waals surface area contributed by atoms with Crippen molar-refractivity contribution in [2.75, 3.05) is 23.4 Å². The molecule has 2 heterocycles. The standard InChI is InChI=1S/C9H14ClN3O3S/c1-6(10)8-12-13-9(16-8)11-4-7-2-3-17(14,15)5-7/h6-7H,2-5H2,1H3,(H,11,13). The van der Waals surface area contributed by atoms with Gasteiger partial charge in [0.1, 0.15) is 5.38 Å². The third-order valence-corrected chi connectivity index (χ3v) is 4.67. The van der Waals surface area contributed by atoms with Gasteiger partial charge in [-0.2, -0.15) is 0 Å². The van der Waals surface area contributed by atoms with Gasteiger partial charge < -0.3 is 9.73 Å². The average Bonchev–Trinajstić information content (AvgIpc) is 2.81. The minimum absolute atomic E-state index is 0.115. The van der Waals surface area contributed by atoms with E-state index in [1.54, 1.807) is 6.92 Å². The molecule has 6 nitrogen and oxygen atoms in total. The van der Waals surface area contributed by atoms with Crippen molar-refractivity contribution in [3.05, 3.63) is 5.89 Å². The summed E-state index contributed by atoms with van der Waals surface area (Å²) in [6.07, 6.45) is 0.683. The van der Waals surface area contributed by atoms with Gasteiger partial charge in [-0.05, 0) is 19.3 Å². The Morgan fingerprint density at radius 2 is 2.35 bits per heavy atom. The van der Waals surface area contributed by atoms with Crippen molar-refractivity contribution in [3.8, 4) is 0 Å². The highest BCUT2D eigenvalue weighted by Crippen LogP contribution is 2.21. The Hall–Kier alpha value is -0.820. The molecule has 1 N–H and O–H groups in total. The largest absolute Gasteiger partial charge is 0.407 e. The molecule has 0 aromatic carbocycles. The van der Waals surface area contributed by atoms with Gasteiger partial charge in [-0.1, -0.05) is 5.10 Å². The number of alkyl halides is 1. The van der Waals surface area contributed by atoms with Crippen LogP contribution in [0.5, 0.6) is 0 Å². The molecule has 0 spiro atoms. The number of hydrogen-bond acceptors (Lipinski definition) is 6. The van der Waals surface area contributed by atoms with E-state index in [-0.39, 0.29) is 28.8 Å². The smallest absolute Gasteiger partial charge is 0.315 e. The molecular weight excluding hydrogens is 266 g/mol. The number of aromatic nitrogens is 2. The van der Waals surface area contributed by atoms with Gasteiger partial charge in [0.2, 0.25) is 5.89 Å². The second-order valence-electron chi connectivity index (χ2n) is 4.21. The zero-order valence-corrected chi connectivity index (χ0v) is 11.0. The molecule has 0 saturated carbocycles. The van der Waals surface area contributed by atoms with Crippen LogP contribution in [0.2, 0.25) is 0 Å². The average molecular weight is 280 g/mol. The molecular formula is C9H14ClN3O3S. The Morgan fingerprint density at radius 1 is 1.59 bits per heavy atom. The summed E-state index contributed by atoms with van der Waals surface area (Å²) in [4.78, 5) is 0. The maximum atomic E-state index is 11.2. The van der Waals surface area contributed by atoms with Gasteiger partial charge in [0.05, 0.1) is 11.5 Å². The summed E-state index contributed by atoms with van der Waals surface area (Å²) in [6.45, 7) is 2.26. The molecule has 17 heavy (non-hydrogen) atoms. The van der Waals surface area contributed by atoms with Crippen molar-refractivity contribution < 1.29 is 12.8 Å². The van der Waals surface area contributed by atoms with Crippen LogP contribution < -0.4 is 5.32 Å². The Morgan fingerprint density at radius 3 is 2.88 bits per heavy atom. The fourth-order valence-electron chi connectivity index (χ4n) is 1.73. The van der Waals surface area contributed by atoms with Gasteiger partial charge in [0.25, 0.3) is 0 Å². The van der Waals surface area contributed by atoms with Gasteiger partial charge in [-0.25, -0.2) is 8.42 Å². The Labute approximate surface area is 105 Å². The van der Waals surface area contributed by atoms with Gasteiger partial charge in [-0.15, -0.1) is 16.7 Å². The van der Waals surface area contributed by atoms with Gasteiger partial charge >= 0.3 is 6.01 Å². The van der Waals surface area contributed by atoms with Crippen LogP contribution in [-0.2, 0) is 9.84 Å². The highest BCUT2D eigenvalue weighted by atomic mass is 35.5. The number of anilines is 1. The van der Waals surface area contributed by atoms with E-state index < -0.39 is 9.84 Å². The van der Waals surface area contributed by atoms with Crippen molar-refractivity contribution in [3.63, 3.8) is 0 Å². The first-order valence-corrected chi connectivity index (χ1v) is 7.64. The summed E-state index contributed by atoms with van der Waals surface area (Å²) >= 11 is 5.78. The lowest BCUT2D eigenvalue weighted by atomic mass is 10.1. The first-order chi connectivity index (χ1) is 7.96. The summed E-state index contributed by atoms with van der Waals surface area (Å²) in [6, 6.07) is 0.289. The van der Waals surface area contributed by atoms with Gasteiger partial charge in [-0.3, -0.25) is 0 Å². The second-order valence-corrected chi connectivity index (χ2v) is 7.09. The highest BCUT2D eigenvalue weighted by Gasteiger charge is 2.27. The summed E-state index contributed by atoms with van der Waals surface area (Å²) in [5, 5.41) is 10.1. The maximum Gasteiger partial charge on any atom is 0.315 e. The van der Waals surface area contributed by atoms with E-state index in [9.17, 15) is 8.42 Å². The second kappa shape index (κ2) is 4.81. The molecule has 2 rings (SSSR count). The van der Waals surface area contributed by atoms with Crippen molar-refractivity contribution in [1.82, 2.24) is 10.2 Å². The van der Waals surface area contributed by atoms with Crippen molar-refractivity contribution in [2.24, 2.45) is 5.92 Å². The molecule has 8 heteroatoms. The predicted octanol–water partition coefficient (Wildman–Crippen LogP) is 1.22. The molecule has 0 radical (unpaired) electrons. The molecule has 1 aromatic rings. The lowest BCUT2D eigenvalue weighted by molar-refractivity contribution is 0.499. The van der Waals surface area contributed by atoms with E-state index in [0.717, 1.165) is 0 Å². The zero-order chi connectivity index (χ0) is 12.5. The summed E-state index contributed by atoms with van der Waals surface area (Å²) in [5.41, 5.74) is 0. The summed E-state index contributed by atoms with van der Waals surface area (Å²) in [5.74, 6) is 0.969. The lowest BCUT2D eigenvalue weighted by Crippen LogP contribution is -2.15. The number of sulfone groups is 1. The molecule has 1 aliphatic heterocycles. The number of halogens is 1. The SMILES string of the molecule is CC(Cl)c1nnc(NCC2CCS(=O)(=O)C2)o1. The topological polar surface area (TPSA) is 85.1 Å². The van der Waals surface area contributed by atoms with E-state index >= 15 is 0 Å². The minimum atomic E-state index is -2.84. The van der Waals surface area contributed by atoms with E-state index in [2.05, 4.69) is 15.5 Å². The fourth-order valence-corrected chi connectivity index (χ4v) is 3.68. The molecule has 1 aliphatic rings. The molecule has 0 bridgehead atoms. The Balaban J connectivity index is 1.86. The van der Waals surface area contributed by atoms with Gasteiger partial charge in [0, 0.05) is 6.54 Å². The minimum Gasteiger partial charge on any atom is -0.407 e. The molecule has 96 valence electrons. The first-order valence-electron chi connectivity index (χ1n) is 5.38. The molecule has 0 amide bonds. The van der Waals surface area contributed by atoms with Crippen molar-refractivity contribution in [2.45, 2.75) is 18.7 Å². The summed E-state index contributed by atoms with van der Waals surface area (Å²) in [7, 11) is -2.84. The van der Waals surface area contributed by atoms with Gasteiger partial charge in [0.15, 0.2) is 9.84 Å². The first kappa shape index (κ1) is 12.6. The van der Waals surface area contributed by atoms with E-state index in [1.165, 1.54) is 0 Å². The number of rotatable bonds is 4. The van der Waals surface area contributed by atoms with E-state index in [0.29, 0.717) is 18.9 Å². The fraction of sp³-hybridized carbons (Fsp3) is 0.778. The number of nitrogens with one attached hydrogen (secondary N) is 1. The van der Waals surface area contributed by atoms with Crippen LogP contribution in [0.1, 0.15) is 24.6 Å². The van der Waals surface area contributed by atoms with Crippen LogP contribution in [0.3, 0.4) is 0 Å². The van der Waals surface area contributed by atoms with E-state index in [4.69, 9.17) is 16.0 Å². The number of nitrogens with zero attached hydrogens (tertiary/aromatic N) is 2. The third-order valence-electron chi connectivity index (χ3n) is 2.65. The molecule has 2 atom stereocenters. The van der Waals surface area contributed by atoms with Crippen LogP contribution in [0, 0.1) is 5.92 Å². The Bertz CT molecular complexity index is 485. The van der Waals surface area contributed by atoms with Crippen molar-refractivity contribution >= 4 is 27.5 Å². The van der Waals surface area contributed by atoms with Crippen molar-refractivity contribution in [1.29, 1.82) is 0 Å². The molecule has 1 fully saturated rings. The molecule has 2 unspecified atom stereocenters. The van der Waals surface area contributed by atoms with Crippen LogP contribution in [0.15, 0.2) is 4.42 Å². The lowest BCUT2D eigenvalue weighted by Gasteiger charge is -2.06. The van der Waals surface area contributed by atoms with Crippen LogP contribution >= 0.6 is 11.6 Å². The molecule has 0 aliphatic carbocycles. The normalized spacial score (nSPS) is 24.7. The maximum absolute atomic E-state index is 11.2. The summed E-state index contributed by atoms with van der Waals surface area (Å²) < 4.78 is 27.7. The zero-order valence-electron chi connectivity index (χ0n) is 9.39. The quantitative estimate of drug-likeness (QED) is 0.834. The predicted molar refractivity (Wildman–Crippen MR) is 63.8 cm³/mol. The monoisotopic (exact) mass is 279 g/mol. The number of hydrogen-bond donors (Lipinski definition) is 1. The van der Waals surface area contributed by atoms with Crippen LogP contribution in [0.4, 0.5) is 6.01 Å². The van der Waals surface area contributed by atoms with Crippen LogP contribution in [0.25, 0.3) is 0 Å². The van der Waals surface area contributed by atoms with E-state index in [1.807, 2.05) is 0 Å². The Kier molecular flexibility index (Phi) is 3.58.